The lowest BCUT2D eigenvalue weighted by Crippen LogP contribution is -2.15. The van der Waals surface area contributed by atoms with Crippen molar-refractivity contribution in [1.82, 2.24) is 3.97 Å². The lowest BCUT2D eigenvalue weighted by Gasteiger charge is -2.08. The van der Waals surface area contributed by atoms with Gasteiger partial charge in [0, 0.05) is 16.8 Å². The maximum atomic E-state index is 12.5. The van der Waals surface area contributed by atoms with Crippen LogP contribution in [-0.4, -0.2) is 45.4 Å². The Bertz CT molecular complexity index is 1050. The van der Waals surface area contributed by atoms with E-state index in [1.165, 1.54) is 25.1 Å². The molecule has 25 heavy (non-hydrogen) atoms. The van der Waals surface area contributed by atoms with Gasteiger partial charge in [-0.3, -0.25) is 4.72 Å². The maximum absolute atomic E-state index is 12.5. The van der Waals surface area contributed by atoms with E-state index >= 15 is 0 Å². The number of carbonyl (C=O) groups excluding carboxylic acids is 1. The standard InChI is InChI=1S/C15H20N2O6S2/c1-9(2)23-15(18)14-10(3)17(25(5,21)22)13-7-6-11(8-12(13)14)16-24(4,19)20/h6-9,16H,1-5H3. The molecule has 10 heteroatoms. The fourth-order valence-corrected chi connectivity index (χ4v) is 4.29. The third-order valence-corrected chi connectivity index (χ3v) is 5.07. The molecular weight excluding hydrogens is 368 g/mol. The minimum atomic E-state index is -3.68. The number of sulfonamides is 1. The molecule has 1 heterocycles. The number of nitrogens with one attached hydrogen (secondary N) is 1. The van der Waals surface area contributed by atoms with Gasteiger partial charge >= 0.3 is 5.97 Å². The second kappa shape index (κ2) is 6.34. The second-order valence-electron chi connectivity index (χ2n) is 6.05. The van der Waals surface area contributed by atoms with Crippen molar-refractivity contribution < 1.29 is 26.4 Å². The van der Waals surface area contributed by atoms with Gasteiger partial charge < -0.3 is 4.74 Å². The van der Waals surface area contributed by atoms with Gasteiger partial charge in [-0.1, -0.05) is 0 Å². The molecule has 0 unspecified atom stereocenters. The quantitative estimate of drug-likeness (QED) is 0.780. The minimum absolute atomic E-state index is 0.0891. The van der Waals surface area contributed by atoms with E-state index in [2.05, 4.69) is 4.72 Å². The number of ether oxygens (including phenoxy) is 1. The van der Waals surface area contributed by atoms with E-state index in [0.717, 1.165) is 16.5 Å². The van der Waals surface area contributed by atoms with Crippen molar-refractivity contribution in [3.05, 3.63) is 29.5 Å². The molecule has 1 aromatic carbocycles. The summed E-state index contributed by atoms with van der Waals surface area (Å²) >= 11 is 0. The molecule has 2 aromatic rings. The van der Waals surface area contributed by atoms with Crippen molar-refractivity contribution in [3.8, 4) is 0 Å². The molecular formula is C15H20N2O6S2. The lowest BCUT2D eigenvalue weighted by atomic mass is 10.1. The molecule has 0 fully saturated rings. The summed E-state index contributed by atoms with van der Waals surface area (Å²) in [4.78, 5) is 12.5. The molecule has 0 amide bonds. The molecule has 0 saturated carbocycles. The summed E-state index contributed by atoms with van der Waals surface area (Å²) in [5.74, 6) is -0.670. The average Bonchev–Trinajstić information content (AvgIpc) is 2.66. The maximum Gasteiger partial charge on any atom is 0.340 e. The van der Waals surface area contributed by atoms with E-state index in [4.69, 9.17) is 4.74 Å². The van der Waals surface area contributed by atoms with Crippen LogP contribution in [0.2, 0.25) is 0 Å². The highest BCUT2D eigenvalue weighted by molar-refractivity contribution is 7.92. The first-order valence-corrected chi connectivity index (χ1v) is 11.1. The summed E-state index contributed by atoms with van der Waals surface area (Å²) in [5.41, 5.74) is 0.792. The van der Waals surface area contributed by atoms with Crippen LogP contribution in [0.3, 0.4) is 0 Å². The number of aromatic nitrogens is 1. The SMILES string of the molecule is Cc1c(C(=O)OC(C)C)c2cc(NS(C)(=O)=O)ccc2n1S(C)(=O)=O. The zero-order chi connectivity index (χ0) is 19.2. The molecule has 0 atom stereocenters. The van der Waals surface area contributed by atoms with Gasteiger partial charge in [0.25, 0.3) is 0 Å². The van der Waals surface area contributed by atoms with Crippen LogP contribution in [0.5, 0.6) is 0 Å². The number of rotatable bonds is 5. The summed E-state index contributed by atoms with van der Waals surface area (Å²) in [6.07, 6.45) is 1.64. The van der Waals surface area contributed by atoms with Crippen molar-refractivity contribution in [1.29, 1.82) is 0 Å². The first kappa shape index (κ1) is 19.3. The number of esters is 1. The van der Waals surface area contributed by atoms with Crippen molar-refractivity contribution in [2.75, 3.05) is 17.2 Å². The number of nitrogens with zero attached hydrogens (tertiary/aromatic N) is 1. The Hall–Kier alpha value is -2.07. The van der Waals surface area contributed by atoms with Gasteiger partial charge in [-0.15, -0.1) is 0 Å². The highest BCUT2D eigenvalue weighted by Gasteiger charge is 2.26. The van der Waals surface area contributed by atoms with Gasteiger partial charge in [0.2, 0.25) is 20.0 Å². The Balaban J connectivity index is 2.81. The number of benzene rings is 1. The van der Waals surface area contributed by atoms with Gasteiger partial charge in [0.1, 0.15) is 0 Å². The largest absolute Gasteiger partial charge is 0.459 e. The fraction of sp³-hybridized carbons (Fsp3) is 0.400. The topological polar surface area (TPSA) is 112 Å². The highest BCUT2D eigenvalue weighted by Crippen LogP contribution is 2.30. The fourth-order valence-electron chi connectivity index (χ4n) is 2.63. The van der Waals surface area contributed by atoms with Crippen molar-refractivity contribution >= 4 is 42.6 Å². The van der Waals surface area contributed by atoms with E-state index in [1.54, 1.807) is 13.8 Å². The Kier molecular flexibility index (Phi) is 4.88. The molecule has 2 rings (SSSR count). The molecule has 0 saturated heterocycles. The first-order chi connectivity index (χ1) is 11.3. The Morgan fingerprint density at radius 3 is 2.24 bits per heavy atom. The van der Waals surface area contributed by atoms with E-state index < -0.39 is 26.0 Å². The summed E-state index contributed by atoms with van der Waals surface area (Å²) in [6.45, 7) is 4.86. The number of hydrogen-bond acceptors (Lipinski definition) is 6. The third-order valence-electron chi connectivity index (χ3n) is 3.33. The monoisotopic (exact) mass is 388 g/mol. The molecule has 0 bridgehead atoms. The Labute approximate surface area is 146 Å². The van der Waals surface area contributed by atoms with Crippen molar-refractivity contribution in [2.45, 2.75) is 26.9 Å². The molecule has 1 N–H and O–H groups in total. The second-order valence-corrected chi connectivity index (χ2v) is 9.63. The number of fused-ring (bicyclic) bond motifs is 1. The van der Waals surface area contributed by atoms with E-state index in [1.807, 2.05) is 0 Å². The van der Waals surface area contributed by atoms with Crippen LogP contribution in [0.1, 0.15) is 29.9 Å². The lowest BCUT2D eigenvalue weighted by molar-refractivity contribution is 0.0379. The van der Waals surface area contributed by atoms with Gasteiger partial charge in [0.05, 0.1) is 29.7 Å². The Morgan fingerprint density at radius 1 is 1.16 bits per heavy atom. The van der Waals surface area contributed by atoms with Crippen LogP contribution < -0.4 is 4.72 Å². The minimum Gasteiger partial charge on any atom is -0.459 e. The average molecular weight is 388 g/mol. The molecule has 0 aliphatic heterocycles. The highest BCUT2D eigenvalue weighted by atomic mass is 32.2. The molecule has 0 spiro atoms. The van der Waals surface area contributed by atoms with Gasteiger partial charge in [-0.05, 0) is 39.0 Å². The van der Waals surface area contributed by atoms with Crippen LogP contribution >= 0.6 is 0 Å². The molecule has 0 radical (unpaired) electrons. The zero-order valence-corrected chi connectivity index (χ0v) is 16.2. The molecule has 1 aromatic heterocycles. The van der Waals surface area contributed by atoms with Crippen molar-refractivity contribution in [2.24, 2.45) is 0 Å². The summed E-state index contributed by atoms with van der Waals surface area (Å²) in [7, 11) is -7.20. The van der Waals surface area contributed by atoms with Crippen LogP contribution in [0.15, 0.2) is 18.2 Å². The van der Waals surface area contributed by atoms with E-state index in [9.17, 15) is 21.6 Å². The summed E-state index contributed by atoms with van der Waals surface area (Å²) in [5, 5.41) is 0.294. The summed E-state index contributed by atoms with van der Waals surface area (Å²) in [6, 6.07) is 4.30. The van der Waals surface area contributed by atoms with Gasteiger partial charge in [0.15, 0.2) is 0 Å². The van der Waals surface area contributed by atoms with Crippen molar-refractivity contribution in [3.63, 3.8) is 0 Å². The van der Waals surface area contributed by atoms with Crippen LogP contribution in [0, 0.1) is 6.92 Å². The van der Waals surface area contributed by atoms with E-state index in [-0.39, 0.29) is 28.6 Å². The number of hydrogen-bond donors (Lipinski definition) is 1. The molecule has 0 aliphatic rings. The number of carbonyl (C=O) groups is 1. The molecule has 8 nitrogen and oxygen atoms in total. The zero-order valence-electron chi connectivity index (χ0n) is 14.5. The van der Waals surface area contributed by atoms with Crippen LogP contribution in [0.4, 0.5) is 5.69 Å². The smallest absolute Gasteiger partial charge is 0.340 e. The van der Waals surface area contributed by atoms with Gasteiger partial charge in [-0.25, -0.2) is 25.6 Å². The predicted octanol–water partition coefficient (Wildman–Crippen LogP) is 1.69. The van der Waals surface area contributed by atoms with Gasteiger partial charge in [-0.2, -0.15) is 0 Å². The Morgan fingerprint density at radius 2 is 1.76 bits per heavy atom. The van der Waals surface area contributed by atoms with E-state index in [0.29, 0.717) is 5.39 Å². The normalized spacial score (nSPS) is 12.6. The summed E-state index contributed by atoms with van der Waals surface area (Å²) < 4.78 is 55.7. The first-order valence-electron chi connectivity index (χ1n) is 7.35. The predicted molar refractivity (Wildman–Crippen MR) is 95.9 cm³/mol. The van der Waals surface area contributed by atoms with Crippen LogP contribution in [0.25, 0.3) is 10.9 Å². The molecule has 138 valence electrons. The number of anilines is 1. The third kappa shape index (κ3) is 4.13. The van der Waals surface area contributed by atoms with Crippen LogP contribution in [-0.2, 0) is 24.8 Å². The molecule has 0 aliphatic carbocycles.